The molecule has 9 atom stereocenters. The maximum Gasteiger partial charge on any atom is 0.303 e. The molecule has 0 radical (unpaired) electrons. The normalized spacial score (nSPS) is 41.1. The number of rotatable bonds is 18. The fourth-order valence-corrected chi connectivity index (χ4v) is 16.6. The second kappa shape index (κ2) is 15.3. The lowest BCUT2D eigenvalue weighted by Crippen LogP contribution is -2.86. The molecular weight excluding hydrogens is 609 g/mol. The first-order valence-electron chi connectivity index (χ1n) is 22.8. The van der Waals surface area contributed by atoms with Crippen LogP contribution in [0.15, 0.2) is 0 Å². The van der Waals surface area contributed by atoms with Gasteiger partial charge in [-0.15, -0.1) is 0 Å². The molecule has 9 unspecified atom stereocenters. The van der Waals surface area contributed by atoms with Crippen molar-refractivity contribution in [2.24, 2.45) is 67.5 Å². The minimum atomic E-state index is -0.653. The van der Waals surface area contributed by atoms with Crippen LogP contribution in [0.1, 0.15) is 230 Å². The van der Waals surface area contributed by atoms with E-state index in [0.717, 1.165) is 42.4 Å². The highest BCUT2D eigenvalue weighted by Crippen LogP contribution is 2.95. The third-order valence-electron chi connectivity index (χ3n) is 19.4. The number of carboxylic acids is 1. The third-order valence-corrected chi connectivity index (χ3v) is 19.4. The second-order valence-electron chi connectivity index (χ2n) is 21.6. The van der Waals surface area contributed by atoms with E-state index in [2.05, 4.69) is 69.2 Å². The number of carboxylic acid groups (broad SMARTS) is 1. The molecule has 9 aliphatic rings. The molecule has 9 fully saturated rings. The zero-order valence-electron chi connectivity index (χ0n) is 35.4. The summed E-state index contributed by atoms with van der Waals surface area (Å²) in [6, 6.07) is 0. The molecule has 6 bridgehead atoms. The van der Waals surface area contributed by atoms with Gasteiger partial charge in [-0.2, -0.15) is 0 Å². The molecule has 9 rings (SSSR count). The molecule has 0 aromatic heterocycles. The van der Waals surface area contributed by atoms with Crippen LogP contribution in [-0.2, 0) is 4.79 Å². The van der Waals surface area contributed by atoms with Gasteiger partial charge in [0.15, 0.2) is 0 Å². The second-order valence-corrected chi connectivity index (χ2v) is 21.6. The lowest BCUT2D eigenvalue weighted by Gasteiger charge is -2.92. The van der Waals surface area contributed by atoms with Gasteiger partial charge in [-0.05, 0) is 132 Å². The SMILES string of the molecule is CC1CCC2CC1(C1(C)CCC3CC1(C14CC(CCC1C)C4(C)C)C3(C)C)C2(C)C.CCCCCCCCCCCCCCCCCC(=O)O. The van der Waals surface area contributed by atoms with Crippen LogP contribution in [0.3, 0.4) is 0 Å². The average molecular weight is 695 g/mol. The Morgan fingerprint density at radius 2 is 0.920 bits per heavy atom. The molecule has 0 heterocycles. The number of aliphatic carboxylic acids is 1. The van der Waals surface area contributed by atoms with Crippen LogP contribution in [0.5, 0.6) is 0 Å². The zero-order chi connectivity index (χ0) is 36.6. The van der Waals surface area contributed by atoms with Gasteiger partial charge in [0.25, 0.3) is 0 Å². The fraction of sp³-hybridized carbons (Fsp3) is 0.979. The Balaban J connectivity index is 0.000000214. The highest BCUT2D eigenvalue weighted by atomic mass is 16.4. The van der Waals surface area contributed by atoms with E-state index >= 15 is 0 Å². The Kier molecular flexibility index (Phi) is 12.4. The van der Waals surface area contributed by atoms with Crippen LogP contribution in [0, 0.1) is 67.5 Å². The van der Waals surface area contributed by atoms with E-state index < -0.39 is 5.97 Å². The van der Waals surface area contributed by atoms with Crippen LogP contribution in [0.25, 0.3) is 0 Å². The molecule has 1 N–H and O–H groups in total. The van der Waals surface area contributed by atoms with E-state index in [-0.39, 0.29) is 0 Å². The minimum absolute atomic E-state index is 0.345. The molecule has 290 valence electrons. The van der Waals surface area contributed by atoms with Crippen LogP contribution in [-0.4, -0.2) is 11.1 Å². The molecule has 2 nitrogen and oxygen atoms in total. The standard InChI is InChI=1S/C30H50.C18H36O2/c1-19-10-12-21-16-28(19,24(21,3)4)27(9)15-14-23-18-30(27,26(23,7)8)29-17-22(25(29,5)6)13-11-20(29)2;1-2-3-4-5-6-7-8-9-10-11-12-13-14-15-16-17-18(19)20/h19-23H,10-18H2,1-9H3;2-17H2,1H3,(H,19,20). The number of unbranched alkanes of at least 4 members (excludes halogenated alkanes) is 14. The van der Waals surface area contributed by atoms with Crippen molar-refractivity contribution < 1.29 is 9.90 Å². The topological polar surface area (TPSA) is 37.3 Å². The maximum absolute atomic E-state index is 10.3. The largest absolute Gasteiger partial charge is 0.481 e. The summed E-state index contributed by atoms with van der Waals surface area (Å²) in [5, 5.41) is 8.52. The van der Waals surface area contributed by atoms with Crippen molar-refractivity contribution in [1.82, 2.24) is 0 Å². The van der Waals surface area contributed by atoms with Gasteiger partial charge in [0.2, 0.25) is 0 Å². The molecule has 0 aromatic carbocycles. The average Bonchev–Trinajstić information content (AvgIpc) is 3.06. The quantitative estimate of drug-likeness (QED) is 0.145. The van der Waals surface area contributed by atoms with Gasteiger partial charge in [0.05, 0.1) is 0 Å². The minimum Gasteiger partial charge on any atom is -0.481 e. The smallest absolute Gasteiger partial charge is 0.303 e. The molecule has 0 spiro atoms. The van der Waals surface area contributed by atoms with E-state index in [0.29, 0.717) is 44.3 Å². The summed E-state index contributed by atoms with van der Waals surface area (Å²) in [4.78, 5) is 10.3. The Hall–Kier alpha value is -0.530. The van der Waals surface area contributed by atoms with E-state index in [9.17, 15) is 4.79 Å². The summed E-state index contributed by atoms with van der Waals surface area (Å²) in [5.74, 6) is 4.13. The first-order chi connectivity index (χ1) is 23.5. The summed E-state index contributed by atoms with van der Waals surface area (Å²) in [6.45, 7) is 26.9. The van der Waals surface area contributed by atoms with E-state index in [1.807, 2.05) is 0 Å². The summed E-state index contributed by atoms with van der Waals surface area (Å²) in [5.41, 5.74) is 3.78. The molecule has 2 heteroatoms. The van der Waals surface area contributed by atoms with Crippen molar-refractivity contribution in [1.29, 1.82) is 0 Å². The number of fused-ring (bicyclic) bond motifs is 6. The van der Waals surface area contributed by atoms with Crippen molar-refractivity contribution in [2.75, 3.05) is 0 Å². The molecule has 9 aliphatic carbocycles. The lowest BCUT2D eigenvalue weighted by atomic mass is 9.12. The molecule has 0 aromatic rings. The van der Waals surface area contributed by atoms with E-state index in [1.165, 1.54) is 122 Å². The highest BCUT2D eigenvalue weighted by Gasteiger charge is 2.88. The van der Waals surface area contributed by atoms with Crippen LogP contribution in [0.4, 0.5) is 0 Å². The van der Waals surface area contributed by atoms with Gasteiger partial charge in [-0.1, -0.05) is 159 Å². The number of hydrogen-bond acceptors (Lipinski definition) is 1. The third kappa shape index (κ3) is 5.93. The molecule has 0 aliphatic heterocycles. The maximum atomic E-state index is 10.3. The van der Waals surface area contributed by atoms with Crippen LogP contribution < -0.4 is 0 Å². The molecule has 50 heavy (non-hydrogen) atoms. The van der Waals surface area contributed by atoms with E-state index in [4.69, 9.17) is 5.11 Å². The van der Waals surface area contributed by atoms with Crippen molar-refractivity contribution in [3.8, 4) is 0 Å². The predicted octanol–water partition coefficient (Wildman–Crippen LogP) is 15.1. The number of carbonyl (C=O) groups is 1. The molecular formula is C48H86O2. The van der Waals surface area contributed by atoms with Gasteiger partial charge in [0.1, 0.15) is 0 Å². The van der Waals surface area contributed by atoms with Gasteiger partial charge < -0.3 is 5.11 Å². The van der Waals surface area contributed by atoms with E-state index in [1.54, 1.807) is 19.3 Å². The van der Waals surface area contributed by atoms with Gasteiger partial charge >= 0.3 is 5.97 Å². The van der Waals surface area contributed by atoms with Crippen LogP contribution in [0.2, 0.25) is 0 Å². The Morgan fingerprint density at radius 1 is 0.520 bits per heavy atom. The van der Waals surface area contributed by atoms with Crippen LogP contribution >= 0.6 is 0 Å². The van der Waals surface area contributed by atoms with Gasteiger partial charge in [-0.25, -0.2) is 0 Å². The Bertz CT molecular complexity index is 1130. The fourth-order valence-electron chi connectivity index (χ4n) is 16.6. The molecule has 0 saturated heterocycles. The van der Waals surface area contributed by atoms with Crippen molar-refractivity contribution in [3.63, 3.8) is 0 Å². The molecule has 9 saturated carbocycles. The Labute approximate surface area is 312 Å². The van der Waals surface area contributed by atoms with Crippen molar-refractivity contribution >= 4 is 5.97 Å². The zero-order valence-corrected chi connectivity index (χ0v) is 35.4. The monoisotopic (exact) mass is 695 g/mol. The molecule has 0 amide bonds. The first kappa shape index (κ1) is 40.7. The van der Waals surface area contributed by atoms with Crippen molar-refractivity contribution in [3.05, 3.63) is 0 Å². The highest BCUT2D eigenvalue weighted by molar-refractivity contribution is 5.66. The summed E-state index contributed by atoms with van der Waals surface area (Å²) in [7, 11) is 0. The Morgan fingerprint density at radius 3 is 1.30 bits per heavy atom. The van der Waals surface area contributed by atoms with Gasteiger partial charge in [0, 0.05) is 6.42 Å². The summed E-state index contributed by atoms with van der Waals surface area (Å²) < 4.78 is 0. The first-order valence-corrected chi connectivity index (χ1v) is 22.8. The predicted molar refractivity (Wildman–Crippen MR) is 214 cm³/mol. The summed E-state index contributed by atoms with van der Waals surface area (Å²) >= 11 is 0. The summed E-state index contributed by atoms with van der Waals surface area (Å²) in [6.07, 6.45) is 33.9. The van der Waals surface area contributed by atoms with Gasteiger partial charge in [-0.3, -0.25) is 4.79 Å². The number of hydrogen-bond donors (Lipinski definition) is 1. The lowest BCUT2D eigenvalue weighted by molar-refractivity contribution is -0.441. The van der Waals surface area contributed by atoms with Crippen molar-refractivity contribution in [2.45, 2.75) is 230 Å².